The first-order valence-corrected chi connectivity index (χ1v) is 2.76. The van der Waals surface area contributed by atoms with Crippen LogP contribution in [0.5, 0.6) is 0 Å². The van der Waals surface area contributed by atoms with Gasteiger partial charge in [0.25, 0.3) is 0 Å². The van der Waals surface area contributed by atoms with E-state index in [9.17, 15) is 0 Å². The second-order valence-corrected chi connectivity index (χ2v) is 1.86. The van der Waals surface area contributed by atoms with E-state index in [1.54, 1.807) is 12.5 Å². The van der Waals surface area contributed by atoms with Crippen molar-refractivity contribution in [3.8, 4) is 0 Å². The minimum Gasteiger partial charge on any atom is -0.267 e. The van der Waals surface area contributed by atoms with Crippen LogP contribution < -0.4 is 0 Å². The van der Waals surface area contributed by atoms with Crippen LogP contribution in [-0.4, -0.2) is 24.3 Å². The van der Waals surface area contributed by atoms with Crippen LogP contribution in [0.1, 0.15) is 0 Å². The average Bonchev–Trinajstić information content (AvgIpc) is 2.33. The number of nitrogens with zero attached hydrogens (tertiary/aromatic N) is 3. The highest BCUT2D eigenvalue weighted by Crippen LogP contribution is 2.01. The summed E-state index contributed by atoms with van der Waals surface area (Å²) in [6.07, 6.45) is 5.22. The van der Waals surface area contributed by atoms with E-state index in [0.717, 1.165) is 11.4 Å². The highest BCUT2D eigenvalue weighted by atomic mass is 14.9. The van der Waals surface area contributed by atoms with Crippen molar-refractivity contribution in [3.63, 3.8) is 0 Å². The molecule has 9 heavy (non-hydrogen) atoms. The third-order valence-corrected chi connectivity index (χ3v) is 1.28. The lowest BCUT2D eigenvalue weighted by Gasteiger charge is -1.99. The number of fused-ring (bicyclic) bond motifs is 1. The molecule has 0 unspecified atom stereocenters. The average molecular weight is 119 g/mol. The van der Waals surface area contributed by atoms with Crippen molar-refractivity contribution < 1.29 is 0 Å². The maximum Gasteiger partial charge on any atom is 0.111 e. The zero-order valence-corrected chi connectivity index (χ0v) is 4.78. The summed E-state index contributed by atoms with van der Waals surface area (Å²) in [5.41, 5.74) is 1.95. The normalized spacial score (nSPS) is 21.3. The highest BCUT2D eigenvalue weighted by Gasteiger charge is 2.10. The fourth-order valence-corrected chi connectivity index (χ4v) is 0.830. The van der Waals surface area contributed by atoms with Crippen molar-refractivity contribution in [1.29, 1.82) is 0 Å². The monoisotopic (exact) mass is 119 g/mol. The van der Waals surface area contributed by atoms with Crippen LogP contribution >= 0.6 is 0 Å². The molecule has 44 valence electrons. The fourth-order valence-electron chi connectivity index (χ4n) is 0.830. The summed E-state index contributed by atoms with van der Waals surface area (Å²) in [4.78, 5) is 12.0. The molecular formula is C6H5N3. The Kier molecular flexibility index (Phi) is 0.828. The number of aliphatic imine (C=N–C) groups is 3. The molecule has 0 spiro atoms. The summed E-state index contributed by atoms with van der Waals surface area (Å²) >= 11 is 0. The van der Waals surface area contributed by atoms with Gasteiger partial charge in [-0.1, -0.05) is 0 Å². The Hall–Kier alpha value is -1.25. The van der Waals surface area contributed by atoms with E-state index in [-0.39, 0.29) is 0 Å². The van der Waals surface area contributed by atoms with Crippen LogP contribution in [-0.2, 0) is 0 Å². The second kappa shape index (κ2) is 1.62. The lowest BCUT2D eigenvalue weighted by atomic mass is 10.2. The first-order valence-electron chi connectivity index (χ1n) is 2.76. The molecule has 3 nitrogen and oxygen atoms in total. The van der Waals surface area contributed by atoms with Gasteiger partial charge in [0.2, 0.25) is 0 Å². The summed E-state index contributed by atoms with van der Waals surface area (Å²) in [7, 11) is 0. The van der Waals surface area contributed by atoms with Crippen molar-refractivity contribution >= 4 is 17.8 Å². The van der Waals surface area contributed by atoms with Gasteiger partial charge < -0.3 is 0 Å². The Balaban J connectivity index is 2.46. The van der Waals surface area contributed by atoms with Gasteiger partial charge in [-0.25, -0.2) is 4.99 Å². The summed E-state index contributed by atoms with van der Waals surface area (Å²) in [6.45, 7) is 0.686. The number of rotatable bonds is 0. The summed E-state index contributed by atoms with van der Waals surface area (Å²) in [5, 5.41) is 0. The van der Waals surface area contributed by atoms with E-state index in [0.29, 0.717) is 6.54 Å². The molecule has 0 saturated carbocycles. The highest BCUT2D eigenvalue weighted by molar-refractivity contribution is 6.50. The molecule has 0 radical (unpaired) electrons. The van der Waals surface area contributed by atoms with Crippen molar-refractivity contribution in [2.75, 3.05) is 6.54 Å². The third kappa shape index (κ3) is 0.614. The van der Waals surface area contributed by atoms with Gasteiger partial charge in [0, 0.05) is 6.20 Å². The largest absolute Gasteiger partial charge is 0.267 e. The molecule has 0 fully saturated rings. The molecule has 2 heterocycles. The van der Waals surface area contributed by atoms with Crippen molar-refractivity contribution in [2.24, 2.45) is 15.0 Å². The topological polar surface area (TPSA) is 37.1 Å². The predicted molar refractivity (Wildman–Crippen MR) is 37.4 cm³/mol. The maximum atomic E-state index is 4.05. The fraction of sp³-hybridized carbons (Fsp3) is 0.167. The van der Waals surface area contributed by atoms with Gasteiger partial charge in [0.05, 0.1) is 18.0 Å². The first-order chi connectivity index (χ1) is 4.47. The van der Waals surface area contributed by atoms with Crippen LogP contribution in [0.4, 0.5) is 0 Å². The third-order valence-electron chi connectivity index (χ3n) is 1.28. The summed E-state index contributed by atoms with van der Waals surface area (Å²) < 4.78 is 0. The van der Waals surface area contributed by atoms with Crippen LogP contribution in [0.2, 0.25) is 0 Å². The molecular weight excluding hydrogens is 114 g/mol. The van der Waals surface area contributed by atoms with E-state index in [1.807, 2.05) is 6.08 Å². The predicted octanol–water partition coefficient (Wildman–Crippen LogP) is 0.438. The first kappa shape index (κ1) is 4.61. The van der Waals surface area contributed by atoms with Crippen LogP contribution in [0.15, 0.2) is 27.3 Å². The number of allylic oxidation sites excluding steroid dienone is 1. The zero-order valence-electron chi connectivity index (χ0n) is 4.78. The number of hydrogen-bond acceptors (Lipinski definition) is 3. The minimum absolute atomic E-state index is 0.686. The minimum atomic E-state index is 0.686. The summed E-state index contributed by atoms with van der Waals surface area (Å²) in [5.74, 6) is 0. The van der Waals surface area contributed by atoms with E-state index in [1.165, 1.54) is 0 Å². The lowest BCUT2D eigenvalue weighted by Crippen LogP contribution is -2.15. The van der Waals surface area contributed by atoms with E-state index < -0.39 is 0 Å². The molecule has 0 aromatic carbocycles. The Morgan fingerprint density at radius 2 is 2.33 bits per heavy atom. The van der Waals surface area contributed by atoms with Gasteiger partial charge >= 0.3 is 0 Å². The van der Waals surface area contributed by atoms with Gasteiger partial charge in [-0.15, -0.1) is 0 Å². The van der Waals surface area contributed by atoms with Gasteiger partial charge in [-0.3, -0.25) is 9.98 Å². The SMILES string of the molecule is C1=CC2=NC=NCC2=N1. The molecule has 2 aliphatic rings. The molecule has 2 rings (SSSR count). The zero-order chi connectivity index (χ0) is 6.10. The Bertz CT molecular complexity index is 245. The van der Waals surface area contributed by atoms with Crippen molar-refractivity contribution in [1.82, 2.24) is 0 Å². The molecule has 0 amide bonds. The molecule has 0 aromatic heterocycles. The molecule has 0 atom stereocenters. The summed E-state index contributed by atoms with van der Waals surface area (Å²) in [6, 6.07) is 0. The Morgan fingerprint density at radius 1 is 1.33 bits per heavy atom. The Labute approximate surface area is 52.5 Å². The van der Waals surface area contributed by atoms with Gasteiger partial charge in [-0.05, 0) is 6.08 Å². The standard InChI is InChI=1S/C6H5N3/c1-2-8-6-3-7-4-9-5(1)6/h1-2,4H,3H2. The van der Waals surface area contributed by atoms with Gasteiger partial charge in [0.15, 0.2) is 0 Å². The van der Waals surface area contributed by atoms with Crippen molar-refractivity contribution in [2.45, 2.75) is 0 Å². The van der Waals surface area contributed by atoms with Crippen LogP contribution in [0.25, 0.3) is 0 Å². The molecule has 2 aliphatic heterocycles. The molecule has 0 N–H and O–H groups in total. The molecule has 0 bridgehead atoms. The van der Waals surface area contributed by atoms with Crippen LogP contribution in [0, 0.1) is 0 Å². The van der Waals surface area contributed by atoms with Gasteiger partial charge in [-0.2, -0.15) is 0 Å². The molecule has 3 heteroatoms. The Morgan fingerprint density at radius 3 is 3.22 bits per heavy atom. The lowest BCUT2D eigenvalue weighted by molar-refractivity contribution is 1.29. The quantitative estimate of drug-likeness (QED) is 0.443. The van der Waals surface area contributed by atoms with E-state index >= 15 is 0 Å². The maximum absolute atomic E-state index is 4.05. The van der Waals surface area contributed by atoms with E-state index in [2.05, 4.69) is 15.0 Å². The molecule has 0 aliphatic carbocycles. The second-order valence-electron chi connectivity index (χ2n) is 1.86. The number of hydrogen-bond donors (Lipinski definition) is 0. The smallest absolute Gasteiger partial charge is 0.111 e. The van der Waals surface area contributed by atoms with Crippen molar-refractivity contribution in [3.05, 3.63) is 12.3 Å². The van der Waals surface area contributed by atoms with E-state index in [4.69, 9.17) is 0 Å². The van der Waals surface area contributed by atoms with Gasteiger partial charge in [0.1, 0.15) is 6.34 Å². The van der Waals surface area contributed by atoms with Crippen LogP contribution in [0.3, 0.4) is 0 Å². The molecule has 0 saturated heterocycles. The molecule has 0 aromatic rings.